The Kier molecular flexibility index (Phi) is 8.05. The van der Waals surface area contributed by atoms with Crippen molar-refractivity contribution in [1.82, 2.24) is 15.2 Å². The maximum Gasteiger partial charge on any atom is 0.416 e. The van der Waals surface area contributed by atoms with E-state index in [9.17, 15) is 18.0 Å². The predicted molar refractivity (Wildman–Crippen MR) is 121 cm³/mol. The Bertz CT molecular complexity index is 1020. The molecule has 2 heterocycles. The third-order valence-electron chi connectivity index (χ3n) is 5.22. The number of carbonyl (C=O) groups is 1. The van der Waals surface area contributed by atoms with Gasteiger partial charge in [0.05, 0.1) is 23.0 Å². The standard InChI is InChI=1S/C23H26F3N5O2/c1-28-20(7-8-27)19-14-18(15-29-22(19)33-12-11-31-9-2-3-10-31)30-21(32)16-5-4-6-17(13-16)23(24,25)26/h4-8,13-15,27-28H,2-3,9-12H2,1H3,(H,30,32)/b20-7-,27-8?. The van der Waals surface area contributed by atoms with Gasteiger partial charge in [-0.15, -0.1) is 0 Å². The fourth-order valence-electron chi connectivity index (χ4n) is 3.54. The lowest BCUT2D eigenvalue weighted by Crippen LogP contribution is -2.25. The van der Waals surface area contributed by atoms with Crippen LogP contribution in [0.1, 0.15) is 34.3 Å². The Labute approximate surface area is 190 Å². The SMILES string of the molecule is CN/C(=C\C=N)c1cc(NC(=O)c2cccc(C(F)(F)F)c2)cnc1OCCN1CCCC1. The van der Waals surface area contributed by atoms with Crippen LogP contribution in [0.4, 0.5) is 18.9 Å². The third-order valence-corrected chi connectivity index (χ3v) is 5.22. The predicted octanol–water partition coefficient (Wildman–Crippen LogP) is 4.04. The van der Waals surface area contributed by atoms with Gasteiger partial charge in [-0.25, -0.2) is 4.98 Å². The van der Waals surface area contributed by atoms with Gasteiger partial charge in [-0.3, -0.25) is 9.69 Å². The number of anilines is 1. The molecule has 33 heavy (non-hydrogen) atoms. The van der Waals surface area contributed by atoms with Crippen molar-refractivity contribution in [1.29, 1.82) is 5.41 Å². The van der Waals surface area contributed by atoms with Crippen molar-refractivity contribution >= 4 is 23.5 Å². The molecule has 0 aliphatic carbocycles. The maximum atomic E-state index is 13.0. The molecule has 1 amide bonds. The van der Waals surface area contributed by atoms with Gasteiger partial charge in [-0.05, 0) is 56.3 Å². The number of carbonyl (C=O) groups excluding carboxylic acids is 1. The number of amides is 1. The second kappa shape index (κ2) is 11.0. The number of aromatic nitrogens is 1. The number of benzene rings is 1. The molecule has 3 N–H and O–H groups in total. The van der Waals surface area contributed by atoms with Crippen molar-refractivity contribution in [3.8, 4) is 5.88 Å². The minimum absolute atomic E-state index is 0.124. The van der Waals surface area contributed by atoms with E-state index >= 15 is 0 Å². The van der Waals surface area contributed by atoms with Gasteiger partial charge < -0.3 is 20.8 Å². The van der Waals surface area contributed by atoms with Crippen molar-refractivity contribution in [3.63, 3.8) is 0 Å². The minimum atomic E-state index is -4.54. The summed E-state index contributed by atoms with van der Waals surface area (Å²) >= 11 is 0. The first-order valence-electron chi connectivity index (χ1n) is 10.5. The summed E-state index contributed by atoms with van der Waals surface area (Å²) in [6.07, 6.45) is 1.82. The second-order valence-corrected chi connectivity index (χ2v) is 7.50. The van der Waals surface area contributed by atoms with E-state index in [2.05, 4.69) is 20.5 Å². The number of likely N-dealkylation sites (tertiary alicyclic amines) is 1. The summed E-state index contributed by atoms with van der Waals surface area (Å²) in [4.78, 5) is 19.2. The molecule has 1 fully saturated rings. The lowest BCUT2D eigenvalue weighted by molar-refractivity contribution is -0.137. The Morgan fingerprint density at radius 2 is 2.03 bits per heavy atom. The Morgan fingerprint density at radius 1 is 1.27 bits per heavy atom. The number of alkyl halides is 3. The number of hydrogen-bond donors (Lipinski definition) is 3. The van der Waals surface area contributed by atoms with E-state index in [0.29, 0.717) is 23.7 Å². The molecule has 1 aromatic carbocycles. The zero-order valence-corrected chi connectivity index (χ0v) is 18.2. The largest absolute Gasteiger partial charge is 0.476 e. The number of nitrogens with zero attached hydrogens (tertiary/aromatic N) is 2. The van der Waals surface area contributed by atoms with E-state index in [0.717, 1.165) is 38.0 Å². The summed E-state index contributed by atoms with van der Waals surface area (Å²) < 4.78 is 44.8. The molecule has 0 radical (unpaired) electrons. The van der Waals surface area contributed by atoms with Gasteiger partial charge in [0.2, 0.25) is 5.88 Å². The average Bonchev–Trinajstić information content (AvgIpc) is 3.31. The Morgan fingerprint density at radius 3 is 2.70 bits per heavy atom. The lowest BCUT2D eigenvalue weighted by atomic mass is 10.1. The summed E-state index contributed by atoms with van der Waals surface area (Å²) in [5.74, 6) is -0.368. The molecule has 2 aromatic rings. The summed E-state index contributed by atoms with van der Waals surface area (Å²) in [6, 6.07) is 5.81. The number of pyridine rings is 1. The molecular weight excluding hydrogens is 435 g/mol. The van der Waals surface area contributed by atoms with E-state index < -0.39 is 17.6 Å². The van der Waals surface area contributed by atoms with Crippen LogP contribution in [0.25, 0.3) is 5.70 Å². The van der Waals surface area contributed by atoms with E-state index in [-0.39, 0.29) is 11.3 Å². The molecule has 1 aromatic heterocycles. The Hall–Kier alpha value is -3.40. The highest BCUT2D eigenvalue weighted by atomic mass is 19.4. The number of rotatable bonds is 9. The molecule has 0 atom stereocenters. The molecule has 3 rings (SSSR count). The number of halogens is 3. The summed E-state index contributed by atoms with van der Waals surface area (Å²) in [5, 5.41) is 12.9. The zero-order valence-electron chi connectivity index (χ0n) is 18.2. The molecule has 10 heteroatoms. The fraction of sp³-hybridized carbons (Fsp3) is 0.348. The van der Waals surface area contributed by atoms with Gasteiger partial charge in [0.25, 0.3) is 5.91 Å². The smallest absolute Gasteiger partial charge is 0.416 e. The number of allylic oxidation sites excluding steroid dienone is 1. The van der Waals surface area contributed by atoms with Crippen LogP contribution in [-0.4, -0.2) is 55.3 Å². The molecule has 0 unspecified atom stereocenters. The van der Waals surface area contributed by atoms with Crippen LogP contribution in [0.15, 0.2) is 42.6 Å². The lowest BCUT2D eigenvalue weighted by Gasteiger charge is -2.17. The van der Waals surface area contributed by atoms with E-state index in [1.54, 1.807) is 13.1 Å². The number of hydrogen-bond acceptors (Lipinski definition) is 6. The molecule has 1 aliphatic heterocycles. The molecule has 0 spiro atoms. The van der Waals surface area contributed by atoms with E-state index in [1.807, 2.05) is 0 Å². The van der Waals surface area contributed by atoms with Crippen LogP contribution in [0.2, 0.25) is 0 Å². The number of ether oxygens (including phenoxy) is 1. The fourth-order valence-corrected chi connectivity index (χ4v) is 3.54. The molecule has 1 saturated heterocycles. The molecule has 0 saturated carbocycles. The monoisotopic (exact) mass is 461 g/mol. The van der Waals surface area contributed by atoms with Crippen LogP contribution in [0, 0.1) is 5.41 Å². The van der Waals surface area contributed by atoms with Gasteiger partial charge in [0.15, 0.2) is 0 Å². The molecule has 1 aliphatic rings. The highest BCUT2D eigenvalue weighted by Crippen LogP contribution is 2.30. The van der Waals surface area contributed by atoms with Crippen LogP contribution >= 0.6 is 0 Å². The normalized spacial score (nSPS) is 14.7. The first-order valence-corrected chi connectivity index (χ1v) is 10.5. The van der Waals surface area contributed by atoms with Gasteiger partial charge in [-0.2, -0.15) is 13.2 Å². The molecule has 0 bridgehead atoms. The quantitative estimate of drug-likeness (QED) is 0.491. The van der Waals surface area contributed by atoms with E-state index in [1.165, 1.54) is 37.2 Å². The first-order chi connectivity index (χ1) is 15.8. The molecular formula is C23H26F3N5O2. The van der Waals surface area contributed by atoms with Crippen LogP contribution in [0.3, 0.4) is 0 Å². The van der Waals surface area contributed by atoms with Gasteiger partial charge in [0.1, 0.15) is 6.61 Å². The highest BCUT2D eigenvalue weighted by Gasteiger charge is 2.31. The topological polar surface area (TPSA) is 90.3 Å². The number of nitrogens with one attached hydrogen (secondary N) is 3. The Balaban J connectivity index is 1.80. The maximum absolute atomic E-state index is 13.0. The van der Waals surface area contributed by atoms with E-state index in [4.69, 9.17) is 10.1 Å². The summed E-state index contributed by atoms with van der Waals surface area (Å²) in [5.41, 5.74) is 0.321. The van der Waals surface area contributed by atoms with Crippen LogP contribution in [-0.2, 0) is 6.18 Å². The zero-order chi connectivity index (χ0) is 23.8. The summed E-state index contributed by atoms with van der Waals surface area (Å²) in [6.45, 7) is 3.27. The third kappa shape index (κ3) is 6.55. The highest BCUT2D eigenvalue weighted by molar-refractivity contribution is 6.04. The van der Waals surface area contributed by atoms with Crippen molar-refractivity contribution in [2.45, 2.75) is 19.0 Å². The van der Waals surface area contributed by atoms with Crippen molar-refractivity contribution < 1.29 is 22.7 Å². The van der Waals surface area contributed by atoms with Crippen molar-refractivity contribution in [2.24, 2.45) is 0 Å². The van der Waals surface area contributed by atoms with Crippen LogP contribution < -0.4 is 15.4 Å². The second-order valence-electron chi connectivity index (χ2n) is 7.50. The van der Waals surface area contributed by atoms with Gasteiger partial charge in [0, 0.05) is 31.1 Å². The van der Waals surface area contributed by atoms with Gasteiger partial charge in [-0.1, -0.05) is 6.07 Å². The first kappa shape index (κ1) is 24.2. The molecule has 176 valence electrons. The van der Waals surface area contributed by atoms with Crippen LogP contribution in [0.5, 0.6) is 5.88 Å². The minimum Gasteiger partial charge on any atom is -0.476 e. The molecule has 7 nitrogen and oxygen atoms in total. The van der Waals surface area contributed by atoms with Crippen molar-refractivity contribution in [3.05, 3.63) is 59.3 Å². The van der Waals surface area contributed by atoms with Crippen molar-refractivity contribution in [2.75, 3.05) is 38.6 Å². The van der Waals surface area contributed by atoms with Gasteiger partial charge >= 0.3 is 6.18 Å². The average molecular weight is 461 g/mol. The summed E-state index contributed by atoms with van der Waals surface area (Å²) in [7, 11) is 1.68.